The molecule has 2 aromatic carbocycles. The highest BCUT2D eigenvalue weighted by atomic mass is 32.1. The molecule has 0 aliphatic carbocycles. The molecule has 5 aromatic rings. The van der Waals surface area contributed by atoms with E-state index in [1.54, 1.807) is 6.92 Å². The summed E-state index contributed by atoms with van der Waals surface area (Å²) in [6, 6.07) is 18.2. The number of rotatable bonds is 5. The quantitative estimate of drug-likeness (QED) is 0.415. The average Bonchev–Trinajstić information content (AvgIpc) is 3.43. The number of carbonyl (C=O) groups is 1. The summed E-state index contributed by atoms with van der Waals surface area (Å²) < 4.78 is 1.32. The number of fused-ring (bicyclic) bond motifs is 1. The number of anilines is 1. The van der Waals surface area contributed by atoms with Crippen LogP contribution in [0.1, 0.15) is 5.01 Å². The maximum atomic E-state index is 13.2. The Kier molecular flexibility index (Phi) is 5.34. The number of benzene rings is 2. The van der Waals surface area contributed by atoms with E-state index in [-0.39, 0.29) is 18.0 Å². The molecule has 0 spiro atoms. The fourth-order valence-electron chi connectivity index (χ4n) is 3.43. The lowest BCUT2D eigenvalue weighted by Gasteiger charge is -2.07. The first-order valence-corrected chi connectivity index (χ1v) is 11.5. The van der Waals surface area contributed by atoms with Gasteiger partial charge in [0, 0.05) is 10.9 Å². The Morgan fingerprint density at radius 3 is 2.44 bits per heavy atom. The molecule has 0 radical (unpaired) electrons. The molecular weight excluding hydrogens is 442 g/mol. The third kappa shape index (κ3) is 3.95. The molecule has 0 bridgehead atoms. The second-order valence-electron chi connectivity index (χ2n) is 7.12. The van der Waals surface area contributed by atoms with Gasteiger partial charge in [0.1, 0.15) is 16.4 Å². The topological polar surface area (TPSA) is 89.8 Å². The number of hydrogen-bond acceptors (Lipinski definition) is 7. The number of amides is 1. The Morgan fingerprint density at radius 1 is 1.00 bits per heavy atom. The van der Waals surface area contributed by atoms with Gasteiger partial charge in [0.2, 0.25) is 11.0 Å². The van der Waals surface area contributed by atoms with Crippen LogP contribution in [0.3, 0.4) is 0 Å². The van der Waals surface area contributed by atoms with Gasteiger partial charge in [-0.15, -0.1) is 21.5 Å². The molecule has 3 aromatic heterocycles. The van der Waals surface area contributed by atoms with E-state index in [1.807, 2.05) is 47.8 Å². The minimum Gasteiger partial charge on any atom is -0.299 e. The van der Waals surface area contributed by atoms with Crippen molar-refractivity contribution in [3.05, 3.63) is 81.7 Å². The first-order chi connectivity index (χ1) is 15.6. The number of aromatic nitrogens is 4. The van der Waals surface area contributed by atoms with E-state index in [0.29, 0.717) is 15.3 Å². The third-order valence-corrected chi connectivity index (χ3v) is 6.59. The van der Waals surface area contributed by atoms with Gasteiger partial charge in [-0.2, -0.15) is 0 Å². The number of carbonyl (C=O) groups excluding carboxylic acids is 1. The maximum absolute atomic E-state index is 13.2. The van der Waals surface area contributed by atoms with Crippen LogP contribution in [-0.2, 0) is 11.3 Å². The molecule has 32 heavy (non-hydrogen) atoms. The van der Waals surface area contributed by atoms with Crippen LogP contribution >= 0.6 is 22.7 Å². The average molecular weight is 460 g/mol. The normalized spacial score (nSPS) is 11.0. The van der Waals surface area contributed by atoms with Crippen LogP contribution in [0, 0.1) is 6.92 Å². The lowest BCUT2D eigenvalue weighted by Crippen LogP contribution is -2.27. The van der Waals surface area contributed by atoms with E-state index in [0.717, 1.165) is 27.3 Å². The summed E-state index contributed by atoms with van der Waals surface area (Å²) in [5.41, 5.74) is 3.74. The first kappa shape index (κ1) is 20.2. The number of nitrogens with zero attached hydrogens (tertiary/aromatic N) is 4. The molecule has 0 atom stereocenters. The number of thiophene rings is 1. The second-order valence-corrected chi connectivity index (χ2v) is 9.16. The summed E-state index contributed by atoms with van der Waals surface area (Å²) in [7, 11) is 0. The minimum atomic E-state index is -0.353. The van der Waals surface area contributed by atoms with Crippen LogP contribution in [0.15, 0.2) is 71.1 Å². The Bertz CT molecular complexity index is 1470. The highest BCUT2D eigenvalue weighted by Gasteiger charge is 2.15. The van der Waals surface area contributed by atoms with E-state index >= 15 is 0 Å². The molecule has 1 amide bonds. The van der Waals surface area contributed by atoms with Crippen molar-refractivity contribution >= 4 is 43.9 Å². The van der Waals surface area contributed by atoms with Crippen molar-refractivity contribution in [3.8, 4) is 22.3 Å². The van der Waals surface area contributed by atoms with Crippen molar-refractivity contribution in [2.75, 3.05) is 5.32 Å². The monoisotopic (exact) mass is 459 g/mol. The summed E-state index contributed by atoms with van der Waals surface area (Å²) in [5, 5.41) is 14.0. The van der Waals surface area contributed by atoms with E-state index < -0.39 is 0 Å². The third-order valence-electron chi connectivity index (χ3n) is 4.95. The largest absolute Gasteiger partial charge is 0.299 e. The summed E-state index contributed by atoms with van der Waals surface area (Å²) in [5.74, 6) is -0.353. The molecule has 9 heteroatoms. The van der Waals surface area contributed by atoms with E-state index in [2.05, 4.69) is 32.6 Å². The Morgan fingerprint density at radius 2 is 1.72 bits per heavy atom. The van der Waals surface area contributed by atoms with E-state index in [1.165, 1.54) is 33.6 Å². The second kappa shape index (κ2) is 8.45. The van der Waals surface area contributed by atoms with Crippen LogP contribution in [0.25, 0.3) is 32.5 Å². The lowest BCUT2D eigenvalue weighted by atomic mass is 10.0. The maximum Gasteiger partial charge on any atom is 0.263 e. The van der Waals surface area contributed by atoms with Crippen molar-refractivity contribution in [3.63, 3.8) is 0 Å². The smallest absolute Gasteiger partial charge is 0.263 e. The van der Waals surface area contributed by atoms with Gasteiger partial charge in [0.05, 0.1) is 11.7 Å². The van der Waals surface area contributed by atoms with Gasteiger partial charge < -0.3 is 0 Å². The van der Waals surface area contributed by atoms with Crippen LogP contribution < -0.4 is 10.9 Å². The molecule has 0 fully saturated rings. The van der Waals surface area contributed by atoms with E-state index in [4.69, 9.17) is 0 Å². The Labute approximate surface area is 191 Å². The molecule has 0 unspecified atom stereocenters. The number of nitrogens with one attached hydrogen (secondary N) is 1. The van der Waals surface area contributed by atoms with Crippen molar-refractivity contribution in [1.29, 1.82) is 0 Å². The highest BCUT2D eigenvalue weighted by molar-refractivity contribution is 7.17. The first-order valence-electron chi connectivity index (χ1n) is 9.81. The van der Waals surface area contributed by atoms with Gasteiger partial charge in [-0.05, 0) is 23.6 Å². The molecular formula is C23H17N5O2S2. The zero-order valence-corrected chi connectivity index (χ0v) is 18.6. The van der Waals surface area contributed by atoms with Crippen molar-refractivity contribution in [1.82, 2.24) is 19.7 Å². The number of hydrogen-bond donors (Lipinski definition) is 1. The molecule has 0 aliphatic rings. The van der Waals surface area contributed by atoms with Crippen molar-refractivity contribution in [2.45, 2.75) is 13.5 Å². The zero-order chi connectivity index (χ0) is 22.1. The lowest BCUT2D eigenvalue weighted by molar-refractivity contribution is -0.116. The molecule has 0 aliphatic heterocycles. The molecule has 7 nitrogen and oxygen atoms in total. The van der Waals surface area contributed by atoms with Crippen LogP contribution in [-0.4, -0.2) is 25.7 Å². The predicted octanol–water partition coefficient (Wildman–Crippen LogP) is 4.59. The highest BCUT2D eigenvalue weighted by Crippen LogP contribution is 2.32. The van der Waals surface area contributed by atoms with Gasteiger partial charge in [0.15, 0.2) is 0 Å². The molecule has 0 saturated heterocycles. The fraction of sp³-hybridized carbons (Fsp3) is 0.0870. The fourth-order valence-corrected chi connectivity index (χ4v) is 4.94. The molecule has 158 valence electrons. The summed E-state index contributed by atoms with van der Waals surface area (Å²) in [6.45, 7) is 1.66. The summed E-state index contributed by atoms with van der Waals surface area (Å²) in [4.78, 5) is 30.6. The van der Waals surface area contributed by atoms with Gasteiger partial charge in [-0.25, -0.2) is 4.98 Å². The molecule has 1 N–H and O–H groups in total. The van der Waals surface area contributed by atoms with E-state index in [9.17, 15) is 9.59 Å². The minimum absolute atomic E-state index is 0.150. The Hall–Kier alpha value is -3.69. The SMILES string of the molecule is Cc1nnc(NC(=O)Cn2cnc3scc(-c4ccc(-c5ccccc5)cc4)c3c2=O)s1. The van der Waals surface area contributed by atoms with Gasteiger partial charge in [0.25, 0.3) is 5.56 Å². The number of aryl methyl sites for hydroxylation is 1. The van der Waals surface area contributed by atoms with Crippen LogP contribution in [0.2, 0.25) is 0 Å². The molecule has 5 rings (SSSR count). The van der Waals surface area contributed by atoms with Crippen LogP contribution in [0.4, 0.5) is 5.13 Å². The summed E-state index contributed by atoms with van der Waals surface area (Å²) >= 11 is 2.69. The van der Waals surface area contributed by atoms with Crippen molar-refractivity contribution < 1.29 is 4.79 Å². The predicted molar refractivity (Wildman–Crippen MR) is 128 cm³/mol. The molecule has 3 heterocycles. The molecule has 0 saturated carbocycles. The van der Waals surface area contributed by atoms with Gasteiger partial charge in [-0.3, -0.25) is 19.5 Å². The van der Waals surface area contributed by atoms with Gasteiger partial charge >= 0.3 is 0 Å². The van der Waals surface area contributed by atoms with Crippen LogP contribution in [0.5, 0.6) is 0 Å². The standard InChI is InChI=1S/C23H17N5O2S2/c1-14-26-27-23(32-14)25-19(29)11-28-13-24-21-20(22(28)30)18(12-31-21)17-9-7-16(8-10-17)15-5-3-2-4-6-15/h2-10,12-13H,11H2,1H3,(H,25,27,29). The van der Waals surface area contributed by atoms with Crippen molar-refractivity contribution in [2.24, 2.45) is 0 Å². The zero-order valence-electron chi connectivity index (χ0n) is 17.0. The summed E-state index contributed by atoms with van der Waals surface area (Å²) in [6.07, 6.45) is 1.41. The Balaban J connectivity index is 1.45. The van der Waals surface area contributed by atoms with Gasteiger partial charge in [-0.1, -0.05) is 65.9 Å².